The minimum Gasteiger partial charge on any atom is -0.299 e. The standard InChI is InChI=1S/2C16H26N2.C15H24N2/c1-4-15-14(8-9-17-16(15)13(2)3)12-18-10-6-5-7-11-18;1-4-15-10-14(11-17-16(15)13(2)3)12-18-8-6-5-7-9-18;1-12(2)15-13(3)7-8-14(16-15)11-17-9-5-4-6-10-17/h8-9,13H,4-7,10-12H2,1-3H3;10-11,13H,4-9,12H2,1-3H3;7-8,12H,4-6,9-11H2,1-3H3. The van der Waals surface area contributed by atoms with Gasteiger partial charge in [0, 0.05) is 49.1 Å². The summed E-state index contributed by atoms with van der Waals surface area (Å²) in [6, 6.07) is 9.01. The van der Waals surface area contributed by atoms with Crippen LogP contribution in [0.25, 0.3) is 0 Å². The molecule has 0 bridgehead atoms. The van der Waals surface area contributed by atoms with Crippen molar-refractivity contribution in [3.05, 3.63) is 87.3 Å². The Morgan fingerprint density at radius 1 is 0.547 bits per heavy atom. The molecule has 3 aromatic heterocycles. The van der Waals surface area contributed by atoms with Crippen LogP contribution < -0.4 is 0 Å². The van der Waals surface area contributed by atoms with Gasteiger partial charge in [-0.05, 0) is 155 Å². The first-order valence-corrected chi connectivity index (χ1v) is 21.7. The molecule has 0 aromatic carbocycles. The molecule has 3 saturated heterocycles. The van der Waals surface area contributed by atoms with Crippen molar-refractivity contribution < 1.29 is 0 Å². The van der Waals surface area contributed by atoms with Crippen LogP contribution in [-0.2, 0) is 32.5 Å². The summed E-state index contributed by atoms with van der Waals surface area (Å²) < 4.78 is 0. The lowest BCUT2D eigenvalue weighted by atomic mass is 9.96. The Morgan fingerprint density at radius 3 is 1.58 bits per heavy atom. The molecular weight excluding hydrogens is 649 g/mol. The second-order valence-corrected chi connectivity index (χ2v) is 16.9. The lowest BCUT2D eigenvalue weighted by Crippen LogP contribution is -2.29. The third-order valence-corrected chi connectivity index (χ3v) is 11.3. The zero-order chi connectivity index (χ0) is 38.2. The molecule has 3 aromatic rings. The first-order chi connectivity index (χ1) is 25.6. The monoisotopic (exact) mass is 725 g/mol. The fraction of sp³-hybridized carbons (Fsp3) is 0.681. The van der Waals surface area contributed by atoms with Gasteiger partial charge in [0.05, 0.1) is 5.69 Å². The van der Waals surface area contributed by atoms with Crippen molar-refractivity contribution >= 4 is 0 Å². The van der Waals surface area contributed by atoms with Gasteiger partial charge in [0.1, 0.15) is 0 Å². The number of likely N-dealkylation sites (tertiary alicyclic amines) is 3. The Balaban J connectivity index is 0.000000178. The highest BCUT2D eigenvalue weighted by atomic mass is 15.1. The number of aromatic nitrogens is 3. The van der Waals surface area contributed by atoms with E-state index in [9.17, 15) is 0 Å². The number of rotatable bonds is 11. The van der Waals surface area contributed by atoms with E-state index in [1.807, 2.05) is 6.20 Å². The van der Waals surface area contributed by atoms with Crippen LogP contribution in [0.15, 0.2) is 36.7 Å². The van der Waals surface area contributed by atoms with Crippen LogP contribution in [0.4, 0.5) is 0 Å². The van der Waals surface area contributed by atoms with Crippen molar-refractivity contribution in [2.75, 3.05) is 39.3 Å². The Labute approximate surface area is 325 Å². The lowest BCUT2D eigenvalue weighted by Gasteiger charge is -2.27. The summed E-state index contributed by atoms with van der Waals surface area (Å²) in [6.45, 7) is 30.8. The Hall–Kier alpha value is -2.67. The van der Waals surface area contributed by atoms with Gasteiger partial charge in [-0.2, -0.15) is 0 Å². The maximum Gasteiger partial charge on any atom is 0.0547 e. The quantitative estimate of drug-likeness (QED) is 0.196. The molecule has 3 aliphatic heterocycles. The van der Waals surface area contributed by atoms with Crippen molar-refractivity contribution in [2.45, 2.75) is 170 Å². The van der Waals surface area contributed by atoms with E-state index in [1.54, 1.807) is 0 Å². The third-order valence-electron chi connectivity index (χ3n) is 11.3. The smallest absolute Gasteiger partial charge is 0.0547 e. The third kappa shape index (κ3) is 13.8. The van der Waals surface area contributed by atoms with E-state index >= 15 is 0 Å². The minimum atomic E-state index is 0.524. The summed E-state index contributed by atoms with van der Waals surface area (Å²) >= 11 is 0. The second kappa shape index (κ2) is 22.6. The van der Waals surface area contributed by atoms with E-state index in [1.165, 1.54) is 148 Å². The van der Waals surface area contributed by atoms with Crippen LogP contribution in [0, 0.1) is 6.92 Å². The normalized spacial score (nSPS) is 17.4. The summed E-state index contributed by atoms with van der Waals surface area (Å²) in [6.07, 6.45) is 18.6. The van der Waals surface area contributed by atoms with E-state index < -0.39 is 0 Å². The van der Waals surface area contributed by atoms with Gasteiger partial charge in [-0.15, -0.1) is 0 Å². The predicted octanol–water partition coefficient (Wildman–Crippen LogP) is 11.0. The van der Waals surface area contributed by atoms with E-state index in [0.29, 0.717) is 17.8 Å². The van der Waals surface area contributed by atoms with E-state index in [4.69, 9.17) is 4.98 Å². The number of aryl methyl sites for hydroxylation is 2. The Kier molecular flexibility index (Phi) is 18.4. The Morgan fingerprint density at radius 2 is 1.08 bits per heavy atom. The van der Waals surface area contributed by atoms with Gasteiger partial charge in [0.2, 0.25) is 0 Å². The molecule has 3 aliphatic rings. The highest BCUT2D eigenvalue weighted by Crippen LogP contribution is 2.24. The van der Waals surface area contributed by atoms with Crippen molar-refractivity contribution in [2.24, 2.45) is 0 Å². The number of pyridine rings is 3. The number of hydrogen-bond acceptors (Lipinski definition) is 6. The average Bonchev–Trinajstić information content (AvgIpc) is 3.17. The second-order valence-electron chi connectivity index (χ2n) is 16.9. The number of piperidine rings is 3. The fourth-order valence-electron chi connectivity index (χ4n) is 8.40. The zero-order valence-corrected chi connectivity index (χ0v) is 35.5. The molecule has 6 heterocycles. The molecule has 0 saturated carbocycles. The van der Waals surface area contributed by atoms with Crippen molar-refractivity contribution in [1.82, 2.24) is 29.7 Å². The zero-order valence-electron chi connectivity index (χ0n) is 35.5. The molecule has 0 radical (unpaired) electrons. The first kappa shape index (κ1) is 43.1. The van der Waals surface area contributed by atoms with Crippen molar-refractivity contribution in [3.63, 3.8) is 0 Å². The molecule has 53 heavy (non-hydrogen) atoms. The Bertz CT molecular complexity index is 1480. The van der Waals surface area contributed by atoms with Gasteiger partial charge in [0.15, 0.2) is 0 Å². The summed E-state index contributed by atoms with van der Waals surface area (Å²) in [5.41, 5.74) is 12.2. The molecule has 0 N–H and O–H groups in total. The fourth-order valence-corrected chi connectivity index (χ4v) is 8.40. The summed E-state index contributed by atoms with van der Waals surface area (Å²) in [5.74, 6) is 1.58. The van der Waals surface area contributed by atoms with Gasteiger partial charge < -0.3 is 0 Å². The van der Waals surface area contributed by atoms with E-state index in [2.05, 4.69) is 117 Å². The summed E-state index contributed by atoms with van der Waals surface area (Å²) in [5, 5.41) is 0. The van der Waals surface area contributed by atoms with Crippen LogP contribution in [-0.4, -0.2) is 68.9 Å². The number of hydrogen-bond donors (Lipinski definition) is 0. The molecule has 0 spiro atoms. The minimum absolute atomic E-state index is 0.524. The van der Waals surface area contributed by atoms with Crippen LogP contribution in [0.5, 0.6) is 0 Å². The van der Waals surface area contributed by atoms with Crippen LogP contribution in [0.2, 0.25) is 0 Å². The molecule has 0 atom stereocenters. The van der Waals surface area contributed by atoms with Crippen LogP contribution in [0.1, 0.15) is 182 Å². The highest BCUT2D eigenvalue weighted by Gasteiger charge is 2.17. The van der Waals surface area contributed by atoms with Gasteiger partial charge >= 0.3 is 0 Å². The highest BCUT2D eigenvalue weighted by molar-refractivity contribution is 5.32. The predicted molar refractivity (Wildman–Crippen MR) is 226 cm³/mol. The van der Waals surface area contributed by atoms with Gasteiger partial charge in [-0.25, -0.2) is 0 Å². The van der Waals surface area contributed by atoms with Crippen LogP contribution in [0.3, 0.4) is 0 Å². The molecular formula is C47H76N6. The van der Waals surface area contributed by atoms with Gasteiger partial charge in [0.25, 0.3) is 0 Å². The average molecular weight is 725 g/mol. The lowest BCUT2D eigenvalue weighted by molar-refractivity contribution is 0.218. The largest absolute Gasteiger partial charge is 0.299 e. The molecule has 6 nitrogen and oxygen atoms in total. The summed E-state index contributed by atoms with van der Waals surface area (Å²) in [7, 11) is 0. The SMILES string of the molecule is CCc1c(CN2CCCCC2)ccnc1C(C)C.CCc1cc(CN2CCCCC2)cnc1C(C)C.Cc1ccc(CN2CCCCC2)nc1C(C)C. The molecule has 0 unspecified atom stereocenters. The molecule has 6 heteroatoms. The molecule has 294 valence electrons. The summed E-state index contributed by atoms with van der Waals surface area (Å²) in [4.78, 5) is 21.8. The maximum absolute atomic E-state index is 4.82. The topological polar surface area (TPSA) is 48.4 Å². The van der Waals surface area contributed by atoms with E-state index in [0.717, 1.165) is 32.5 Å². The van der Waals surface area contributed by atoms with E-state index in [-0.39, 0.29) is 0 Å². The first-order valence-electron chi connectivity index (χ1n) is 21.7. The van der Waals surface area contributed by atoms with Crippen molar-refractivity contribution in [1.29, 1.82) is 0 Å². The van der Waals surface area contributed by atoms with Crippen LogP contribution >= 0.6 is 0 Å². The van der Waals surface area contributed by atoms with Crippen molar-refractivity contribution in [3.8, 4) is 0 Å². The molecule has 6 rings (SSSR count). The van der Waals surface area contributed by atoms with Gasteiger partial charge in [-0.1, -0.05) is 86.8 Å². The van der Waals surface area contributed by atoms with Gasteiger partial charge in [-0.3, -0.25) is 29.7 Å². The molecule has 0 amide bonds. The molecule has 0 aliphatic carbocycles. The number of nitrogens with zero attached hydrogens (tertiary/aromatic N) is 6. The molecule has 3 fully saturated rings. The maximum atomic E-state index is 4.82.